The highest BCUT2D eigenvalue weighted by atomic mass is 16.2. The Kier molecular flexibility index (Phi) is 2.99. The molecule has 2 atom stereocenters. The molecule has 0 spiro atoms. The van der Waals surface area contributed by atoms with Gasteiger partial charge in [0.05, 0.1) is 14.1 Å². The molecular formula is C16H20N6O. The highest BCUT2D eigenvalue weighted by Crippen LogP contribution is 2.28. The van der Waals surface area contributed by atoms with Crippen molar-refractivity contribution in [1.29, 1.82) is 0 Å². The number of nitrogens with one attached hydrogen (secondary N) is 1. The fraction of sp³-hybridized carbons (Fsp3) is 0.500. The first-order valence-corrected chi connectivity index (χ1v) is 7.28. The third-order valence-electron chi connectivity index (χ3n) is 4.08. The molecule has 0 unspecified atom stereocenters. The second-order valence-corrected chi connectivity index (χ2v) is 5.47. The lowest BCUT2D eigenvalue weighted by Gasteiger charge is -2.41. The molecule has 0 saturated carbocycles. The number of piperidine rings is 1. The molecular weight excluding hydrogens is 292 g/mol. The van der Waals surface area contributed by atoms with Crippen LogP contribution in [0.3, 0.4) is 0 Å². The lowest BCUT2D eigenvalue weighted by Crippen LogP contribution is -2.53. The molecule has 1 fully saturated rings. The Morgan fingerprint density at radius 1 is 1.70 bits per heavy atom. The fourth-order valence-corrected chi connectivity index (χ4v) is 2.74. The van der Waals surface area contributed by atoms with Crippen LogP contribution in [0, 0.1) is 12.5 Å². The maximum absolute atomic E-state index is 12.2. The molecule has 23 heavy (non-hydrogen) atoms. The number of aromatic amines is 1. The molecule has 2 aromatic rings. The summed E-state index contributed by atoms with van der Waals surface area (Å²) in [5.74, 6) is -1.42. The van der Waals surface area contributed by atoms with E-state index < -0.39 is 11.9 Å². The Hall–Kier alpha value is -2.62. The normalized spacial score (nSPS) is 30.0. The quantitative estimate of drug-likeness (QED) is 0.872. The van der Waals surface area contributed by atoms with Crippen molar-refractivity contribution in [3.63, 3.8) is 0 Å². The molecule has 7 nitrogen and oxygen atoms in total. The number of hydrogen-bond donors (Lipinski definition) is 1. The van der Waals surface area contributed by atoms with E-state index >= 15 is 0 Å². The first kappa shape index (κ1) is 11.0. The molecule has 2 aromatic heterocycles. The Labute approximate surface area is 140 Å². The average molecular weight is 316 g/mol. The smallest absolute Gasteiger partial charge is 0.302 e. The standard InChI is InChI=1S/C16H20N6O/c1-11-5-7-22(14(23)8-17-2)9-13(11)21(3)16-12-4-6-18-15(12)19-10-20-16/h4,6,10-11,13H,5,7-9H2,1,3H3,(H,18,19,20)/t11-,13+/m1/s1/i4D,10D,11D,13D. The Morgan fingerprint density at radius 3 is 3.30 bits per heavy atom. The number of amides is 1. The van der Waals surface area contributed by atoms with Crippen LogP contribution in [0.2, 0.25) is 0 Å². The number of likely N-dealkylation sites (tertiary alicyclic amines) is 1. The van der Waals surface area contributed by atoms with Crippen molar-refractivity contribution < 1.29 is 10.3 Å². The first-order valence-electron chi connectivity index (χ1n) is 9.28. The van der Waals surface area contributed by atoms with Gasteiger partial charge in [0, 0.05) is 27.7 Å². The van der Waals surface area contributed by atoms with Crippen molar-refractivity contribution in [2.45, 2.75) is 19.4 Å². The minimum atomic E-state index is -1.58. The van der Waals surface area contributed by atoms with Crippen LogP contribution in [0.1, 0.15) is 18.8 Å². The van der Waals surface area contributed by atoms with Gasteiger partial charge in [-0.25, -0.2) is 16.5 Å². The zero-order chi connectivity index (χ0) is 20.0. The van der Waals surface area contributed by atoms with Crippen molar-refractivity contribution in [2.24, 2.45) is 5.89 Å². The fourth-order valence-electron chi connectivity index (χ4n) is 2.74. The van der Waals surface area contributed by atoms with Crippen LogP contribution in [-0.4, -0.2) is 58.5 Å². The Balaban J connectivity index is 2.08. The summed E-state index contributed by atoms with van der Waals surface area (Å²) in [5.41, 5.74) is 0.314. The molecule has 3 heterocycles. The number of hydrogen-bond acceptors (Lipinski definition) is 4. The van der Waals surface area contributed by atoms with Gasteiger partial charge in [-0.3, -0.25) is 4.79 Å². The SMILES string of the molecule is [2H]c1nc(N(C)[C@@]2([2H])CN(C(=O)C[N+]#[C-])CC[C@@]2([2H])C)c2c([2H])c[nH]c2n1. The number of aromatic nitrogens is 3. The summed E-state index contributed by atoms with van der Waals surface area (Å²) in [5, 5.41) is 0.362. The minimum Gasteiger partial charge on any atom is -0.354 e. The number of carbonyl (C=O) groups excluding carboxylic acids is 1. The van der Waals surface area contributed by atoms with Crippen molar-refractivity contribution in [2.75, 3.05) is 31.6 Å². The van der Waals surface area contributed by atoms with E-state index in [-0.39, 0.29) is 43.6 Å². The molecule has 1 saturated heterocycles. The van der Waals surface area contributed by atoms with Crippen molar-refractivity contribution >= 4 is 22.8 Å². The number of carbonyl (C=O) groups is 1. The average Bonchev–Trinajstić information content (AvgIpc) is 2.97. The second-order valence-electron chi connectivity index (χ2n) is 5.47. The number of rotatable bonds is 3. The molecule has 1 aliphatic heterocycles. The summed E-state index contributed by atoms with van der Waals surface area (Å²) >= 11 is 0. The van der Waals surface area contributed by atoms with Gasteiger partial charge >= 0.3 is 5.91 Å². The van der Waals surface area contributed by atoms with Gasteiger partial charge in [-0.1, -0.05) is 6.92 Å². The highest BCUT2D eigenvalue weighted by Gasteiger charge is 2.33. The Morgan fingerprint density at radius 2 is 2.52 bits per heavy atom. The van der Waals surface area contributed by atoms with E-state index in [9.17, 15) is 4.79 Å². The number of fused-ring (bicyclic) bond motifs is 1. The van der Waals surface area contributed by atoms with Crippen LogP contribution in [0.5, 0.6) is 0 Å². The van der Waals surface area contributed by atoms with Gasteiger partial charge in [0.25, 0.3) is 6.54 Å². The summed E-state index contributed by atoms with van der Waals surface area (Å²) in [4.78, 5) is 29.1. The molecule has 0 aliphatic carbocycles. The summed E-state index contributed by atoms with van der Waals surface area (Å²) in [6.07, 6.45) is 1.42. The maximum atomic E-state index is 12.2. The van der Waals surface area contributed by atoms with E-state index in [1.165, 1.54) is 16.0 Å². The molecule has 1 N–H and O–H groups in total. The second kappa shape index (κ2) is 6.24. The highest BCUT2D eigenvalue weighted by molar-refractivity contribution is 5.87. The van der Waals surface area contributed by atoms with Crippen LogP contribution in [0.4, 0.5) is 5.82 Å². The molecule has 0 radical (unpaired) electrons. The molecule has 7 heteroatoms. The lowest BCUT2D eigenvalue weighted by molar-refractivity contribution is -0.130. The van der Waals surface area contributed by atoms with Crippen LogP contribution in [0.25, 0.3) is 15.9 Å². The van der Waals surface area contributed by atoms with Gasteiger partial charge in [-0.15, -0.1) is 0 Å². The zero-order valence-corrected chi connectivity index (χ0v) is 13.1. The van der Waals surface area contributed by atoms with Crippen LogP contribution >= 0.6 is 0 Å². The lowest BCUT2D eigenvalue weighted by atomic mass is 9.92. The molecule has 1 amide bonds. The predicted octanol–water partition coefficient (Wildman–Crippen LogP) is 1.55. The van der Waals surface area contributed by atoms with E-state index in [0.717, 1.165) is 0 Å². The summed E-state index contributed by atoms with van der Waals surface area (Å²) in [6.45, 7) is 8.46. The Bertz CT molecular complexity index is 939. The number of nitrogens with zero attached hydrogens (tertiary/aromatic N) is 5. The van der Waals surface area contributed by atoms with Gasteiger partial charge in [-0.05, 0) is 18.4 Å². The summed E-state index contributed by atoms with van der Waals surface area (Å²) in [6, 6.07) is -1.46. The van der Waals surface area contributed by atoms with E-state index in [1.807, 2.05) is 0 Å². The van der Waals surface area contributed by atoms with Crippen LogP contribution < -0.4 is 4.90 Å². The third-order valence-corrected chi connectivity index (χ3v) is 4.08. The molecule has 0 bridgehead atoms. The van der Waals surface area contributed by atoms with Gasteiger partial charge in [0.2, 0.25) is 0 Å². The molecule has 0 aromatic carbocycles. The van der Waals surface area contributed by atoms with Crippen molar-refractivity contribution in [3.05, 3.63) is 30.0 Å². The molecule has 3 rings (SSSR count). The molecule has 1 aliphatic rings. The summed E-state index contributed by atoms with van der Waals surface area (Å²) < 4.78 is 33.7. The maximum Gasteiger partial charge on any atom is 0.302 e. The topological polar surface area (TPSA) is 69.5 Å². The van der Waals surface area contributed by atoms with E-state index in [4.69, 9.17) is 12.1 Å². The monoisotopic (exact) mass is 316 g/mol. The predicted molar refractivity (Wildman–Crippen MR) is 87.9 cm³/mol. The first-order chi connectivity index (χ1) is 12.6. The van der Waals surface area contributed by atoms with Gasteiger partial charge in [-0.2, -0.15) is 0 Å². The zero-order valence-electron chi connectivity index (χ0n) is 17.1. The van der Waals surface area contributed by atoms with E-state index in [2.05, 4.69) is 19.8 Å². The van der Waals surface area contributed by atoms with E-state index in [0.29, 0.717) is 17.6 Å². The van der Waals surface area contributed by atoms with Gasteiger partial charge in [0.1, 0.15) is 19.1 Å². The number of likely N-dealkylation sites (N-methyl/N-ethyl adjacent to an activating group) is 1. The number of anilines is 1. The summed E-state index contributed by atoms with van der Waals surface area (Å²) in [7, 11) is 1.58. The largest absolute Gasteiger partial charge is 0.354 e. The van der Waals surface area contributed by atoms with E-state index in [1.54, 1.807) is 14.0 Å². The van der Waals surface area contributed by atoms with Gasteiger partial charge in [0.15, 0.2) is 0 Å². The third kappa shape index (κ3) is 2.84. The van der Waals surface area contributed by atoms with Crippen LogP contribution in [-0.2, 0) is 4.79 Å². The van der Waals surface area contributed by atoms with Crippen molar-refractivity contribution in [3.8, 4) is 0 Å². The number of H-pyrrole nitrogens is 1. The van der Waals surface area contributed by atoms with Crippen molar-refractivity contribution in [1.82, 2.24) is 19.9 Å². The minimum absolute atomic E-state index is 0.0750. The van der Waals surface area contributed by atoms with Crippen LogP contribution in [0.15, 0.2) is 18.5 Å². The van der Waals surface area contributed by atoms with Gasteiger partial charge < -0.3 is 19.6 Å². The molecule has 120 valence electrons.